The molecule has 13 nitrogen and oxygen atoms in total. The minimum Gasteiger partial charge on any atom is 0 e. The molecular weight excluding hydrogens is 2390 g/mol. The molecule has 4 aromatic carbocycles. The Morgan fingerprint density at radius 1 is 0.562 bits per heavy atom. The maximum Gasteiger partial charge on any atom is 0 e. The standard InChI is InChI=1S/C19H27BN2O2.C17H21BrN2O2.C14H15BrN2O.C13H14BrN.C6H12O.C4H10.CH2I.CH3.I2.3HI.4H2S.3V/c1-18(2)19(3,4)24-20(23-18)14-8-9-15-13(11-14)12-16(21-15)17-7-6-10-22(17)5;1-17(2,3)22-16(21)20-8-4-5-15(20)14-10-11-9-12(18)6-7-13(11)19-14;1-9(18)17-6-2-3-14(17)13-8-10-7-11(15)4-5-12(10)16-13;14-11-5-6-12-10(7-11)8-13(15-12)9-3-1-2-4-9;1-5(7)6(2,3)4;1-4(2)3;1-2;;1-2;;;;;;;;;;/h8-9,11,17H,6-7,10,12H2,1-5H3;6-7,9,15H,4-5,8,10H2,1-3H3;4-5,7,14H,2-3,6,8H2,1H3;5-7,9H,1-4,8H2;1-4H3;4H,1-3H3;1H2;1H3;;3*1H;4*1H2;;;/q;;;;;;2*-1;;;;;;;;;;;+3/p-3/t17-;15-;14-;;;;;;;;;;;;;;;;/m000................/s1. The molecular formula is C75H112BBr3I6N7O6S4V3-2. The van der Waals surface area contributed by atoms with Crippen molar-refractivity contribution in [2.45, 2.75) is 229 Å². The molecule has 9 aliphatic rings. The Morgan fingerprint density at radius 3 is 1.23 bits per heavy atom. The number of rotatable bonds is 5. The largest absolute Gasteiger partial charge is 0 e. The van der Waals surface area contributed by atoms with Crippen LogP contribution in [0.25, 0.3) is 0 Å². The van der Waals surface area contributed by atoms with E-state index >= 15 is 0 Å². The number of hydrogen-bond acceptors (Lipinski definition) is 11. The molecule has 0 N–H and O–H groups in total. The van der Waals surface area contributed by atoms with E-state index in [0.717, 1.165) is 119 Å². The van der Waals surface area contributed by atoms with Gasteiger partial charge >= 0.3 is 78.1 Å². The quantitative estimate of drug-likeness (QED) is 0.110. The molecule has 590 valence electrons. The summed E-state index contributed by atoms with van der Waals surface area (Å²) in [5, 5.41) is 0. The molecule has 2 amide bonds. The van der Waals surface area contributed by atoms with Crippen LogP contribution in [0.5, 0.6) is 0 Å². The van der Waals surface area contributed by atoms with Crippen molar-refractivity contribution < 1.29 is 70.5 Å². The van der Waals surface area contributed by atoms with E-state index in [9.17, 15) is 14.4 Å². The molecule has 105 heavy (non-hydrogen) atoms. The Labute approximate surface area is 784 Å². The van der Waals surface area contributed by atoms with Crippen LogP contribution in [0.15, 0.2) is 106 Å². The third-order valence-corrected chi connectivity index (χ3v) is 19.9. The number of benzene rings is 4. The Bertz CT molecular complexity index is 3480. The normalized spacial score (nSPS) is 19.1. The van der Waals surface area contributed by atoms with Gasteiger partial charge < -0.3 is 49.0 Å². The minimum absolute atomic E-state index is 0. The van der Waals surface area contributed by atoms with E-state index in [-0.39, 0.29) is 157 Å². The SMILES string of the molecule is Brc1ccc2c(c1)CC(C1CCCC1)=N2.CC(=O)C(C)(C)C.CC(=O)N1CCC[C@H]1C1=Nc2ccc(Br)cc2C1.CC(C)(C)OC(=O)N1CCC[C@H]1C1=Nc2ccc(Br)cc2C1.CC(C)C.CN1CCC[C@H]1C1=Nc2ccc(B3OC(C)(C)C(C)(C)O3)cc2C1.II.S.S.S.S.[CH2-]I.[CH3-].[I][V]([I])[I].[V].[V]. The first-order valence-corrected chi connectivity index (χ1v) is 57.5. The molecule has 13 rings (SSSR count). The van der Waals surface area contributed by atoms with Crippen LogP contribution in [0.4, 0.5) is 27.5 Å². The van der Waals surface area contributed by atoms with Gasteiger partial charge in [-0.1, -0.05) is 114 Å². The van der Waals surface area contributed by atoms with E-state index in [4.69, 9.17) is 34.0 Å². The van der Waals surface area contributed by atoms with Crippen molar-refractivity contribution in [2.75, 3.05) is 26.7 Å². The number of amides is 2. The molecule has 8 aliphatic heterocycles. The van der Waals surface area contributed by atoms with Gasteiger partial charge in [0, 0.05) is 168 Å². The van der Waals surface area contributed by atoms with Crippen LogP contribution in [0.1, 0.15) is 190 Å². The van der Waals surface area contributed by atoms with Gasteiger partial charge in [0.25, 0.3) is 0 Å². The third kappa shape index (κ3) is 35.5. The van der Waals surface area contributed by atoms with Gasteiger partial charge in [0.05, 0.1) is 46.0 Å². The molecule has 4 saturated heterocycles. The first-order valence-electron chi connectivity index (χ1n) is 33.8. The molecule has 3 atom stereocenters. The maximum absolute atomic E-state index is 12.4. The summed E-state index contributed by atoms with van der Waals surface area (Å²) >= 11 is 24.0. The van der Waals surface area contributed by atoms with Gasteiger partial charge in [0.2, 0.25) is 5.91 Å². The number of halogens is 9. The maximum atomic E-state index is 12.4. The summed E-state index contributed by atoms with van der Waals surface area (Å²) < 4.78 is 21.2. The van der Waals surface area contributed by atoms with Crippen molar-refractivity contribution >= 4 is 297 Å². The fourth-order valence-electron chi connectivity index (χ4n) is 12.5. The van der Waals surface area contributed by atoms with Crippen molar-refractivity contribution in [3.63, 3.8) is 0 Å². The second-order valence-corrected chi connectivity index (χ2v) is 67.6. The van der Waals surface area contributed by atoms with Gasteiger partial charge in [-0.05, 0) is 221 Å². The average Bonchev–Trinajstić information content (AvgIpc) is 1.62. The molecule has 0 spiro atoms. The summed E-state index contributed by atoms with van der Waals surface area (Å²) in [6, 6.07) is 26.0. The summed E-state index contributed by atoms with van der Waals surface area (Å²) in [6.07, 6.45) is 15.6. The molecule has 1 saturated carbocycles. The molecule has 0 unspecified atom stereocenters. The van der Waals surface area contributed by atoms with E-state index in [1.807, 2.05) is 98.2 Å². The number of carbonyl (C=O) groups excluding carboxylic acids is 3. The van der Waals surface area contributed by atoms with Crippen LogP contribution in [-0.2, 0) is 91.3 Å². The number of ketones is 1. The monoisotopic (exact) mass is 2500 g/mol. The van der Waals surface area contributed by atoms with Crippen molar-refractivity contribution in [3.05, 3.63) is 121 Å². The van der Waals surface area contributed by atoms with Crippen LogP contribution < -0.4 is 5.46 Å². The van der Waals surface area contributed by atoms with E-state index < -0.39 is 5.60 Å². The van der Waals surface area contributed by atoms with E-state index in [2.05, 4.69) is 259 Å². The number of ether oxygens (including phenoxy) is 1. The van der Waals surface area contributed by atoms with Crippen LogP contribution in [-0.4, -0.2) is 124 Å². The summed E-state index contributed by atoms with van der Waals surface area (Å²) in [5.41, 5.74) is 14.4. The second kappa shape index (κ2) is 53.3. The number of nitrogens with zero attached hydrogens (tertiary/aromatic N) is 7. The van der Waals surface area contributed by atoms with E-state index in [1.54, 1.807) is 13.8 Å². The van der Waals surface area contributed by atoms with Gasteiger partial charge in [-0.15, -0.1) is 0 Å². The molecule has 5 fully saturated rings. The van der Waals surface area contributed by atoms with Crippen molar-refractivity contribution in [3.8, 4) is 0 Å². The van der Waals surface area contributed by atoms with Crippen molar-refractivity contribution in [2.24, 2.45) is 37.2 Å². The Morgan fingerprint density at radius 2 is 0.876 bits per heavy atom. The summed E-state index contributed by atoms with van der Waals surface area (Å²) in [6.45, 7) is 32.4. The number of likely N-dealkylation sites (tertiary alicyclic amines) is 3. The fourth-order valence-corrected chi connectivity index (χ4v) is 13.7. The predicted molar refractivity (Wildman–Crippen MR) is 520 cm³/mol. The first-order chi connectivity index (χ1) is 46.0. The number of aliphatic imine (C=N–C) groups is 4. The zero-order chi connectivity index (χ0) is 73.2. The molecule has 30 heteroatoms. The van der Waals surface area contributed by atoms with Crippen LogP contribution in [0.2, 0.25) is 0 Å². The molecule has 0 aromatic heterocycles. The van der Waals surface area contributed by atoms with E-state index in [1.165, 1.54) is 88.9 Å². The third-order valence-electron chi connectivity index (χ3n) is 18.4. The van der Waals surface area contributed by atoms with Gasteiger partial charge in [-0.2, -0.15) is 54.0 Å². The van der Waals surface area contributed by atoms with Crippen molar-refractivity contribution in [1.82, 2.24) is 14.7 Å². The predicted octanol–water partition coefficient (Wildman–Crippen LogP) is 24.4. The number of Topliss-reactive ketones (excluding diaryl/α,β-unsaturated/α-hetero) is 1. The van der Waals surface area contributed by atoms with Crippen LogP contribution in [0, 0.1) is 29.6 Å². The summed E-state index contributed by atoms with van der Waals surface area (Å²) in [5.74, 6) is 2.01. The zero-order valence-corrected chi connectivity index (χ0v) is 89.8. The molecule has 0 bridgehead atoms. The van der Waals surface area contributed by atoms with Gasteiger partial charge in [-0.3, -0.25) is 44.3 Å². The summed E-state index contributed by atoms with van der Waals surface area (Å²) in [4.78, 5) is 62.8. The van der Waals surface area contributed by atoms with Gasteiger partial charge in [0.1, 0.15) is 11.4 Å². The van der Waals surface area contributed by atoms with E-state index in [0.29, 0.717) is 6.04 Å². The topological polar surface area (TPSA) is 138 Å². The molecule has 2 radical (unpaired) electrons. The second-order valence-electron chi connectivity index (χ2n) is 29.5. The number of fused-ring (bicyclic) bond motifs is 4. The smallest absolute Gasteiger partial charge is 0 e. The van der Waals surface area contributed by atoms with Crippen LogP contribution in [0.3, 0.4) is 0 Å². The summed E-state index contributed by atoms with van der Waals surface area (Å²) in [7, 11) is 1.91. The first kappa shape index (κ1) is 112. The average molecular weight is 2500 g/mol. The van der Waals surface area contributed by atoms with Crippen molar-refractivity contribution in [1.29, 1.82) is 0 Å². The molecule has 1 aliphatic carbocycles. The number of carbonyl (C=O) groups is 3. The van der Waals surface area contributed by atoms with Gasteiger partial charge in [-0.25, -0.2) is 4.79 Å². The zero-order valence-electron chi connectivity index (χ0n) is 63.9. The number of hydrogen-bond donors (Lipinski definition) is 0. The van der Waals surface area contributed by atoms with Gasteiger partial charge in [0.15, 0.2) is 0 Å². The Balaban J connectivity index is -0.00000120. The fraction of sp³-hybridized carbons (Fsp3) is 0.560. The Kier molecular flexibility index (Phi) is 56.9. The van der Waals surface area contributed by atoms with Crippen LogP contribution >= 0.6 is 222 Å². The molecule has 4 aromatic rings. The Hall–Kier alpha value is 2.89. The minimum atomic E-state index is -0.463. The molecule has 8 heterocycles.